The van der Waals surface area contributed by atoms with Crippen LogP contribution in [0.3, 0.4) is 0 Å². The number of piperidine rings is 1. The van der Waals surface area contributed by atoms with E-state index < -0.39 is 5.82 Å². The van der Waals surface area contributed by atoms with Crippen molar-refractivity contribution >= 4 is 55.9 Å². The van der Waals surface area contributed by atoms with Crippen LogP contribution in [0.1, 0.15) is 18.9 Å². The zero-order valence-corrected chi connectivity index (χ0v) is 24.4. The SMILES string of the molecule is C=CC(=O)N1CCC(n2ncc3c(N4CC(N(C)C)C4)nc4c(F)c(-c5cncc6ccccc56)c(Cl)cc4c32)CC1. The Hall–Kier alpha value is -4.08. The van der Waals surface area contributed by atoms with Crippen molar-refractivity contribution < 1.29 is 9.18 Å². The minimum Gasteiger partial charge on any atom is -0.353 e. The molecule has 5 aromatic rings. The average molecular weight is 584 g/mol. The number of fused-ring (bicyclic) bond motifs is 4. The molecule has 42 heavy (non-hydrogen) atoms. The van der Waals surface area contributed by atoms with E-state index in [1.165, 1.54) is 6.08 Å². The molecule has 0 bridgehead atoms. The molecular weight excluding hydrogens is 553 g/mol. The van der Waals surface area contributed by atoms with Crippen LogP contribution in [0.25, 0.3) is 43.7 Å². The molecular formula is C32H31ClFN7O. The summed E-state index contributed by atoms with van der Waals surface area (Å²) in [6, 6.07) is 10.0. The third-order valence-electron chi connectivity index (χ3n) is 8.83. The summed E-state index contributed by atoms with van der Waals surface area (Å²) in [7, 11) is 4.14. The molecule has 2 aromatic carbocycles. The molecule has 0 radical (unpaired) electrons. The van der Waals surface area contributed by atoms with E-state index in [4.69, 9.17) is 21.7 Å². The van der Waals surface area contributed by atoms with Crippen molar-refractivity contribution in [1.29, 1.82) is 0 Å². The molecule has 0 unspecified atom stereocenters. The number of anilines is 1. The zero-order valence-electron chi connectivity index (χ0n) is 23.6. The molecule has 0 saturated carbocycles. The van der Waals surface area contributed by atoms with Gasteiger partial charge in [0.1, 0.15) is 11.3 Å². The first-order valence-electron chi connectivity index (χ1n) is 14.2. The number of carbonyl (C=O) groups is 1. The molecule has 1 amide bonds. The zero-order chi connectivity index (χ0) is 29.1. The van der Waals surface area contributed by atoms with E-state index in [0.29, 0.717) is 40.7 Å². The number of halogens is 2. The van der Waals surface area contributed by atoms with Crippen LogP contribution in [-0.2, 0) is 4.79 Å². The smallest absolute Gasteiger partial charge is 0.245 e. The van der Waals surface area contributed by atoms with Crippen molar-refractivity contribution in [2.24, 2.45) is 0 Å². The topological polar surface area (TPSA) is 70.4 Å². The van der Waals surface area contributed by atoms with Gasteiger partial charge in [0.2, 0.25) is 5.91 Å². The van der Waals surface area contributed by atoms with Gasteiger partial charge in [-0.3, -0.25) is 14.5 Å². The quantitative estimate of drug-likeness (QED) is 0.248. The van der Waals surface area contributed by atoms with Gasteiger partial charge in [0.25, 0.3) is 0 Å². The lowest BCUT2D eigenvalue weighted by atomic mass is 9.97. The average Bonchev–Trinajstić information content (AvgIpc) is 3.42. The summed E-state index contributed by atoms with van der Waals surface area (Å²) in [6.45, 7) is 6.43. The first-order chi connectivity index (χ1) is 20.4. The van der Waals surface area contributed by atoms with Crippen molar-refractivity contribution in [2.45, 2.75) is 24.9 Å². The molecule has 2 aliphatic rings. The maximum atomic E-state index is 16.8. The van der Waals surface area contributed by atoms with Gasteiger partial charge in [-0.15, -0.1) is 0 Å². The maximum absolute atomic E-state index is 16.8. The molecule has 2 fully saturated rings. The van der Waals surface area contributed by atoms with Gasteiger partial charge in [0.05, 0.1) is 28.2 Å². The molecule has 5 heterocycles. The number of hydrogen-bond acceptors (Lipinski definition) is 6. The lowest BCUT2D eigenvalue weighted by Gasteiger charge is -2.43. The number of carbonyl (C=O) groups excluding carboxylic acids is 1. The van der Waals surface area contributed by atoms with Crippen molar-refractivity contribution in [1.82, 2.24) is 29.5 Å². The molecule has 0 aliphatic carbocycles. The van der Waals surface area contributed by atoms with Gasteiger partial charge in [-0.2, -0.15) is 5.10 Å². The summed E-state index contributed by atoms with van der Waals surface area (Å²) in [5.41, 5.74) is 2.01. The Kier molecular flexibility index (Phi) is 6.59. The van der Waals surface area contributed by atoms with Crippen LogP contribution in [0.5, 0.6) is 0 Å². The lowest BCUT2D eigenvalue weighted by Crippen LogP contribution is -2.57. The summed E-state index contributed by atoms with van der Waals surface area (Å²) >= 11 is 6.92. The second-order valence-electron chi connectivity index (χ2n) is 11.4. The Morgan fingerprint density at radius 3 is 2.60 bits per heavy atom. The van der Waals surface area contributed by atoms with Gasteiger partial charge < -0.3 is 14.7 Å². The fourth-order valence-corrected chi connectivity index (χ4v) is 6.65. The van der Waals surface area contributed by atoms with E-state index in [9.17, 15) is 4.79 Å². The van der Waals surface area contributed by atoms with Gasteiger partial charge in [-0.05, 0) is 44.5 Å². The number of nitrogens with zero attached hydrogens (tertiary/aromatic N) is 7. The van der Waals surface area contributed by atoms with Gasteiger partial charge in [-0.25, -0.2) is 9.37 Å². The van der Waals surface area contributed by atoms with Crippen molar-refractivity contribution in [3.63, 3.8) is 0 Å². The molecule has 0 N–H and O–H groups in total. The van der Waals surface area contributed by atoms with Crippen LogP contribution in [0.15, 0.2) is 61.6 Å². The molecule has 0 spiro atoms. The Bertz CT molecular complexity index is 1870. The van der Waals surface area contributed by atoms with Crippen LogP contribution >= 0.6 is 11.6 Å². The van der Waals surface area contributed by atoms with Crippen LogP contribution in [0.2, 0.25) is 5.02 Å². The highest BCUT2D eigenvalue weighted by Gasteiger charge is 2.33. The Balaban J connectivity index is 1.42. The van der Waals surface area contributed by atoms with Gasteiger partial charge >= 0.3 is 0 Å². The summed E-state index contributed by atoms with van der Waals surface area (Å²) < 4.78 is 18.8. The first-order valence-corrected chi connectivity index (χ1v) is 14.6. The van der Waals surface area contributed by atoms with E-state index in [-0.39, 0.29) is 17.5 Å². The third kappa shape index (κ3) is 4.22. The number of likely N-dealkylation sites (N-methyl/N-ethyl adjacent to an activating group) is 1. The van der Waals surface area contributed by atoms with Crippen LogP contribution in [-0.4, -0.2) is 81.8 Å². The van der Waals surface area contributed by atoms with E-state index in [1.54, 1.807) is 12.4 Å². The molecule has 0 atom stereocenters. The largest absolute Gasteiger partial charge is 0.353 e. The summed E-state index contributed by atoms with van der Waals surface area (Å²) in [5.74, 6) is 0.195. The van der Waals surface area contributed by atoms with Crippen LogP contribution < -0.4 is 4.90 Å². The normalized spacial score (nSPS) is 16.6. The summed E-state index contributed by atoms with van der Waals surface area (Å²) in [4.78, 5) is 27.7. The third-order valence-corrected chi connectivity index (χ3v) is 9.13. The monoisotopic (exact) mass is 583 g/mol. The van der Waals surface area contributed by atoms with Crippen molar-refractivity contribution in [2.75, 3.05) is 45.2 Å². The number of hydrogen-bond donors (Lipinski definition) is 0. The van der Waals surface area contributed by atoms with Crippen molar-refractivity contribution in [3.05, 3.63) is 72.4 Å². The van der Waals surface area contributed by atoms with Gasteiger partial charge in [0.15, 0.2) is 5.82 Å². The minimum absolute atomic E-state index is 0.0458. The van der Waals surface area contributed by atoms with E-state index in [0.717, 1.165) is 53.4 Å². The van der Waals surface area contributed by atoms with Crippen LogP contribution in [0.4, 0.5) is 10.2 Å². The highest BCUT2D eigenvalue weighted by molar-refractivity contribution is 6.35. The standard InChI is InChI=1S/C32H31ClFN7O/c1-4-27(42)39-11-9-20(10-12-39)41-31-23-13-26(33)28(24-15-35-14-19-7-5-6-8-22(19)24)29(34)30(23)37-32(25(31)16-36-41)40-17-21(18-40)38(2)3/h4-8,13-16,20-21H,1,9-12,17-18H2,2-3H3. The first kappa shape index (κ1) is 26.8. The van der Waals surface area contributed by atoms with Gasteiger partial charge in [-0.1, -0.05) is 42.4 Å². The second kappa shape index (κ2) is 10.3. The van der Waals surface area contributed by atoms with Crippen LogP contribution in [0, 0.1) is 5.82 Å². The van der Waals surface area contributed by atoms with E-state index in [1.807, 2.05) is 46.1 Å². The lowest BCUT2D eigenvalue weighted by molar-refractivity contribution is -0.127. The summed E-state index contributed by atoms with van der Waals surface area (Å²) in [5, 5.41) is 8.41. The predicted molar refractivity (Wildman–Crippen MR) is 165 cm³/mol. The predicted octanol–water partition coefficient (Wildman–Crippen LogP) is 5.69. The Morgan fingerprint density at radius 1 is 1.10 bits per heavy atom. The van der Waals surface area contributed by atoms with Crippen molar-refractivity contribution in [3.8, 4) is 11.1 Å². The minimum atomic E-state index is -0.470. The number of aromatic nitrogens is 4. The van der Waals surface area contributed by atoms with E-state index in [2.05, 4.69) is 35.5 Å². The van der Waals surface area contributed by atoms with Gasteiger partial charge in [0, 0.05) is 66.5 Å². The highest BCUT2D eigenvalue weighted by Crippen LogP contribution is 2.43. The number of benzene rings is 2. The summed E-state index contributed by atoms with van der Waals surface area (Å²) in [6.07, 6.45) is 8.10. The fourth-order valence-electron chi connectivity index (χ4n) is 6.35. The molecule has 2 saturated heterocycles. The highest BCUT2D eigenvalue weighted by atomic mass is 35.5. The van der Waals surface area contributed by atoms with E-state index >= 15 is 4.39 Å². The Labute approximate surface area is 248 Å². The number of likely N-dealkylation sites (tertiary alicyclic amines) is 1. The molecule has 2 aliphatic heterocycles. The number of amides is 1. The number of pyridine rings is 2. The maximum Gasteiger partial charge on any atom is 0.245 e. The Morgan fingerprint density at radius 2 is 1.86 bits per heavy atom. The molecule has 8 nitrogen and oxygen atoms in total. The number of rotatable bonds is 5. The molecule has 214 valence electrons. The molecule has 3 aromatic heterocycles. The molecule has 10 heteroatoms. The second-order valence-corrected chi connectivity index (χ2v) is 11.8. The fraction of sp³-hybridized carbons (Fsp3) is 0.312. The molecule has 7 rings (SSSR count).